The zero-order valence-electron chi connectivity index (χ0n) is 9.43. The SMILES string of the molecule is C=C(C)C(=O)Oc1c(S)ccc2ccccc12. The summed E-state index contributed by atoms with van der Waals surface area (Å²) in [5.74, 6) is 0.0519. The molecule has 0 fully saturated rings. The normalized spacial score (nSPS) is 10.2. The summed E-state index contributed by atoms with van der Waals surface area (Å²) in [5.41, 5.74) is 0.366. The summed E-state index contributed by atoms with van der Waals surface area (Å²) in [5, 5.41) is 1.88. The van der Waals surface area contributed by atoms with E-state index in [-0.39, 0.29) is 0 Å². The summed E-state index contributed by atoms with van der Waals surface area (Å²) in [6, 6.07) is 11.4. The molecule has 0 aliphatic heterocycles. The molecule has 0 atom stereocenters. The van der Waals surface area contributed by atoms with Crippen molar-refractivity contribution in [1.29, 1.82) is 0 Å². The third kappa shape index (κ3) is 2.34. The van der Waals surface area contributed by atoms with Crippen LogP contribution in [0.1, 0.15) is 6.92 Å². The fourth-order valence-corrected chi connectivity index (χ4v) is 1.76. The lowest BCUT2D eigenvalue weighted by molar-refractivity contribution is -0.130. The van der Waals surface area contributed by atoms with Crippen molar-refractivity contribution in [3.05, 3.63) is 48.6 Å². The molecule has 2 nitrogen and oxygen atoms in total. The number of hydrogen-bond acceptors (Lipinski definition) is 3. The number of thiol groups is 1. The van der Waals surface area contributed by atoms with Crippen LogP contribution in [0.2, 0.25) is 0 Å². The first-order chi connectivity index (χ1) is 8.09. The molecule has 0 amide bonds. The molecule has 3 heteroatoms. The molecule has 0 unspecified atom stereocenters. The van der Waals surface area contributed by atoms with E-state index in [1.807, 2.05) is 36.4 Å². The molecule has 0 aliphatic rings. The van der Waals surface area contributed by atoms with E-state index in [4.69, 9.17) is 4.74 Å². The topological polar surface area (TPSA) is 26.3 Å². The number of benzene rings is 2. The van der Waals surface area contributed by atoms with Crippen LogP contribution in [0.3, 0.4) is 0 Å². The van der Waals surface area contributed by atoms with Crippen LogP contribution in [0, 0.1) is 0 Å². The smallest absolute Gasteiger partial charge is 0.338 e. The van der Waals surface area contributed by atoms with Crippen molar-refractivity contribution in [2.75, 3.05) is 0 Å². The van der Waals surface area contributed by atoms with Gasteiger partial charge in [0.2, 0.25) is 0 Å². The molecule has 0 spiro atoms. The molecule has 0 saturated heterocycles. The highest BCUT2D eigenvalue weighted by atomic mass is 32.1. The van der Waals surface area contributed by atoms with Crippen LogP contribution in [-0.2, 0) is 4.79 Å². The van der Waals surface area contributed by atoms with Gasteiger partial charge in [0, 0.05) is 15.9 Å². The molecule has 17 heavy (non-hydrogen) atoms. The second kappa shape index (κ2) is 4.63. The minimum Gasteiger partial charge on any atom is -0.421 e. The Kier molecular flexibility index (Phi) is 3.20. The Hall–Kier alpha value is -1.74. The number of carbonyl (C=O) groups is 1. The lowest BCUT2D eigenvalue weighted by Crippen LogP contribution is -2.08. The van der Waals surface area contributed by atoms with Gasteiger partial charge in [0.25, 0.3) is 0 Å². The first-order valence-corrected chi connectivity index (χ1v) is 5.62. The van der Waals surface area contributed by atoms with Crippen LogP contribution in [0.5, 0.6) is 5.75 Å². The number of rotatable bonds is 2. The monoisotopic (exact) mass is 244 g/mol. The van der Waals surface area contributed by atoms with Gasteiger partial charge < -0.3 is 4.74 Å². The standard InChI is InChI=1S/C14H12O2S/c1-9(2)14(15)16-13-11-6-4-3-5-10(11)7-8-12(13)17/h3-8,17H,1H2,2H3. The maximum atomic E-state index is 11.6. The Morgan fingerprint density at radius 3 is 2.65 bits per heavy atom. The number of esters is 1. The van der Waals surface area contributed by atoms with Crippen molar-refractivity contribution in [3.8, 4) is 5.75 Å². The third-order valence-electron chi connectivity index (χ3n) is 2.40. The van der Waals surface area contributed by atoms with E-state index >= 15 is 0 Å². The second-order valence-corrected chi connectivity index (χ2v) is 4.29. The van der Waals surface area contributed by atoms with Gasteiger partial charge in [-0.05, 0) is 18.4 Å². The molecule has 0 heterocycles. The van der Waals surface area contributed by atoms with Crippen LogP contribution >= 0.6 is 12.6 Å². The van der Waals surface area contributed by atoms with Crippen molar-refractivity contribution in [2.24, 2.45) is 0 Å². The highest BCUT2D eigenvalue weighted by Crippen LogP contribution is 2.32. The predicted octanol–water partition coefficient (Wildman–Crippen LogP) is 3.61. The minimum atomic E-state index is -0.434. The summed E-state index contributed by atoms with van der Waals surface area (Å²) < 4.78 is 5.30. The third-order valence-corrected chi connectivity index (χ3v) is 2.75. The van der Waals surface area contributed by atoms with Crippen molar-refractivity contribution in [2.45, 2.75) is 11.8 Å². The summed E-state index contributed by atoms with van der Waals surface area (Å²) in [6.45, 7) is 5.18. The van der Waals surface area contributed by atoms with Gasteiger partial charge in [-0.3, -0.25) is 0 Å². The van der Waals surface area contributed by atoms with E-state index in [1.54, 1.807) is 6.92 Å². The largest absolute Gasteiger partial charge is 0.421 e. The Morgan fingerprint density at radius 2 is 1.94 bits per heavy atom. The maximum Gasteiger partial charge on any atom is 0.338 e. The number of carbonyl (C=O) groups excluding carboxylic acids is 1. The molecular weight excluding hydrogens is 232 g/mol. The van der Waals surface area contributed by atoms with Crippen LogP contribution in [0.15, 0.2) is 53.4 Å². The maximum absolute atomic E-state index is 11.6. The van der Waals surface area contributed by atoms with E-state index in [1.165, 1.54) is 0 Å². The van der Waals surface area contributed by atoms with E-state index < -0.39 is 5.97 Å². The quantitative estimate of drug-likeness (QED) is 0.378. The zero-order chi connectivity index (χ0) is 12.4. The Balaban J connectivity index is 2.55. The molecule has 0 saturated carbocycles. The molecule has 2 aromatic carbocycles. The van der Waals surface area contributed by atoms with E-state index in [2.05, 4.69) is 19.2 Å². The molecule has 0 N–H and O–H groups in total. The van der Waals surface area contributed by atoms with Crippen molar-refractivity contribution < 1.29 is 9.53 Å². The molecule has 0 aromatic heterocycles. The predicted molar refractivity (Wildman–Crippen MR) is 71.6 cm³/mol. The first kappa shape index (κ1) is 11.7. The van der Waals surface area contributed by atoms with Crippen LogP contribution in [0.25, 0.3) is 10.8 Å². The summed E-state index contributed by atoms with van der Waals surface area (Å²) in [7, 11) is 0. The Bertz CT molecular complexity index is 602. The fraction of sp³-hybridized carbons (Fsp3) is 0.0714. The minimum absolute atomic E-state index is 0.366. The van der Waals surface area contributed by atoms with Crippen LogP contribution in [0.4, 0.5) is 0 Å². The summed E-state index contributed by atoms with van der Waals surface area (Å²) in [6.07, 6.45) is 0. The molecule has 86 valence electrons. The molecule has 0 bridgehead atoms. The Morgan fingerprint density at radius 1 is 1.24 bits per heavy atom. The summed E-state index contributed by atoms with van der Waals surface area (Å²) in [4.78, 5) is 12.2. The first-order valence-electron chi connectivity index (χ1n) is 5.18. The highest BCUT2D eigenvalue weighted by Gasteiger charge is 2.11. The Labute approximate surface area is 105 Å². The average molecular weight is 244 g/mol. The van der Waals surface area contributed by atoms with Gasteiger partial charge in [-0.25, -0.2) is 4.79 Å². The van der Waals surface area contributed by atoms with Gasteiger partial charge >= 0.3 is 5.97 Å². The second-order valence-electron chi connectivity index (χ2n) is 3.80. The van der Waals surface area contributed by atoms with Gasteiger partial charge in [0.1, 0.15) is 0 Å². The molecule has 2 rings (SSSR count). The molecule has 2 aromatic rings. The van der Waals surface area contributed by atoms with Gasteiger partial charge in [-0.2, -0.15) is 0 Å². The highest BCUT2D eigenvalue weighted by molar-refractivity contribution is 7.80. The zero-order valence-corrected chi connectivity index (χ0v) is 10.3. The van der Waals surface area contributed by atoms with Gasteiger partial charge in [-0.15, -0.1) is 12.6 Å². The number of ether oxygens (including phenoxy) is 1. The molecule has 0 aliphatic carbocycles. The average Bonchev–Trinajstić information content (AvgIpc) is 2.32. The van der Waals surface area contributed by atoms with Gasteiger partial charge in [0.15, 0.2) is 5.75 Å². The lowest BCUT2D eigenvalue weighted by atomic mass is 10.1. The lowest BCUT2D eigenvalue weighted by Gasteiger charge is -2.09. The summed E-state index contributed by atoms with van der Waals surface area (Å²) >= 11 is 4.31. The number of fused-ring (bicyclic) bond motifs is 1. The van der Waals surface area contributed by atoms with E-state index in [9.17, 15) is 4.79 Å². The van der Waals surface area contributed by atoms with Gasteiger partial charge in [0.05, 0.1) is 0 Å². The van der Waals surface area contributed by atoms with Crippen molar-refractivity contribution >= 4 is 29.4 Å². The van der Waals surface area contributed by atoms with Crippen LogP contribution < -0.4 is 4.74 Å². The van der Waals surface area contributed by atoms with Crippen LogP contribution in [-0.4, -0.2) is 5.97 Å². The number of hydrogen-bond donors (Lipinski definition) is 1. The molecular formula is C14H12O2S. The van der Waals surface area contributed by atoms with Crippen molar-refractivity contribution in [3.63, 3.8) is 0 Å². The molecule has 0 radical (unpaired) electrons. The van der Waals surface area contributed by atoms with E-state index in [0.29, 0.717) is 16.2 Å². The fourth-order valence-electron chi connectivity index (χ4n) is 1.52. The van der Waals surface area contributed by atoms with Crippen molar-refractivity contribution in [1.82, 2.24) is 0 Å². The van der Waals surface area contributed by atoms with Gasteiger partial charge in [-0.1, -0.05) is 36.9 Å². The van der Waals surface area contributed by atoms with E-state index in [0.717, 1.165) is 10.8 Å².